The van der Waals surface area contributed by atoms with Gasteiger partial charge >= 0.3 is 0 Å². The Bertz CT molecular complexity index is 470. The second-order valence-corrected chi connectivity index (χ2v) is 5.90. The van der Waals surface area contributed by atoms with Crippen molar-refractivity contribution in [2.24, 2.45) is 0 Å². The van der Waals surface area contributed by atoms with Crippen LogP contribution >= 0.6 is 0 Å². The van der Waals surface area contributed by atoms with E-state index in [-0.39, 0.29) is 5.66 Å². The fourth-order valence-electron chi connectivity index (χ4n) is 4.80. The highest BCUT2D eigenvalue weighted by Gasteiger charge is 2.63. The van der Waals surface area contributed by atoms with Crippen LogP contribution in [0.15, 0.2) is 24.3 Å². The summed E-state index contributed by atoms with van der Waals surface area (Å²) in [5, 5.41) is 3.85. The maximum absolute atomic E-state index is 3.85. The van der Waals surface area contributed by atoms with Gasteiger partial charge in [0.2, 0.25) is 0 Å². The molecule has 0 spiro atoms. The maximum Gasteiger partial charge on any atom is 0.100 e. The first kappa shape index (κ1) is 9.95. The summed E-state index contributed by atoms with van der Waals surface area (Å²) in [5.74, 6) is 0. The second-order valence-electron chi connectivity index (χ2n) is 5.90. The molecule has 2 unspecified atom stereocenters. The van der Waals surface area contributed by atoms with Crippen LogP contribution in [0.1, 0.15) is 37.7 Å². The van der Waals surface area contributed by atoms with Crippen molar-refractivity contribution >= 4 is 5.69 Å². The first-order valence-electron chi connectivity index (χ1n) is 6.89. The third-order valence-electron chi connectivity index (χ3n) is 5.51. The number of fused-ring (bicyclic) bond motifs is 1. The van der Waals surface area contributed by atoms with Crippen LogP contribution < -0.4 is 10.2 Å². The molecule has 2 heterocycles. The Kier molecular flexibility index (Phi) is 1.79. The topological polar surface area (TPSA) is 15.3 Å². The molecule has 17 heavy (non-hydrogen) atoms. The van der Waals surface area contributed by atoms with Crippen molar-refractivity contribution in [3.63, 3.8) is 0 Å². The SMILES string of the molecule is CN1c2ccccc2C23CCCCC12NCC3. The van der Waals surface area contributed by atoms with Crippen LogP contribution in [0.5, 0.6) is 0 Å². The van der Waals surface area contributed by atoms with E-state index in [4.69, 9.17) is 0 Å². The van der Waals surface area contributed by atoms with Crippen LogP contribution in [-0.4, -0.2) is 19.3 Å². The minimum Gasteiger partial charge on any atom is -0.355 e. The Labute approximate surface area is 103 Å². The lowest BCUT2D eigenvalue weighted by atomic mass is 9.64. The lowest BCUT2D eigenvalue weighted by Crippen LogP contribution is -2.62. The number of nitrogens with zero attached hydrogens (tertiary/aromatic N) is 1. The Balaban J connectivity index is 2.00. The lowest BCUT2D eigenvalue weighted by molar-refractivity contribution is 0.170. The fourth-order valence-corrected chi connectivity index (χ4v) is 4.80. The molecule has 3 aliphatic rings. The Hall–Kier alpha value is -1.02. The molecule has 2 heteroatoms. The highest BCUT2D eigenvalue weighted by molar-refractivity contribution is 5.67. The van der Waals surface area contributed by atoms with Gasteiger partial charge in [-0.2, -0.15) is 0 Å². The predicted octanol–water partition coefficient (Wildman–Crippen LogP) is 2.64. The van der Waals surface area contributed by atoms with Crippen LogP contribution in [0.25, 0.3) is 0 Å². The van der Waals surface area contributed by atoms with Gasteiger partial charge in [0.15, 0.2) is 0 Å². The molecule has 1 aromatic rings. The van der Waals surface area contributed by atoms with Gasteiger partial charge in [0.05, 0.1) is 0 Å². The average Bonchev–Trinajstić information content (AvgIpc) is 2.87. The van der Waals surface area contributed by atoms with Gasteiger partial charge in [-0.05, 0) is 43.9 Å². The van der Waals surface area contributed by atoms with Crippen molar-refractivity contribution in [1.29, 1.82) is 0 Å². The summed E-state index contributed by atoms with van der Waals surface area (Å²) in [7, 11) is 2.28. The number of hydrogen-bond donors (Lipinski definition) is 1. The van der Waals surface area contributed by atoms with Crippen LogP contribution in [0.3, 0.4) is 0 Å². The van der Waals surface area contributed by atoms with Crippen LogP contribution in [0.2, 0.25) is 0 Å². The molecule has 0 radical (unpaired) electrons. The summed E-state index contributed by atoms with van der Waals surface area (Å²) in [4.78, 5) is 2.54. The molecule has 0 bridgehead atoms. The van der Waals surface area contributed by atoms with Gasteiger partial charge in [-0.1, -0.05) is 24.6 Å². The van der Waals surface area contributed by atoms with Crippen molar-refractivity contribution in [2.75, 3.05) is 18.5 Å². The monoisotopic (exact) mass is 228 g/mol. The second kappa shape index (κ2) is 3.05. The fraction of sp³-hybridized carbons (Fsp3) is 0.600. The number of para-hydroxylation sites is 1. The summed E-state index contributed by atoms with van der Waals surface area (Å²) >= 11 is 0. The molecular weight excluding hydrogens is 208 g/mol. The first-order valence-corrected chi connectivity index (χ1v) is 6.89. The van der Waals surface area contributed by atoms with Gasteiger partial charge in [0, 0.05) is 18.2 Å². The number of rotatable bonds is 0. The molecule has 2 nitrogen and oxygen atoms in total. The van der Waals surface area contributed by atoms with E-state index in [2.05, 4.69) is 41.5 Å². The van der Waals surface area contributed by atoms with Gasteiger partial charge in [0.25, 0.3) is 0 Å². The van der Waals surface area contributed by atoms with Gasteiger partial charge in [-0.15, -0.1) is 0 Å². The number of likely N-dealkylation sites (N-methyl/N-ethyl adjacent to an activating group) is 1. The molecule has 4 rings (SSSR count). The molecule has 2 atom stereocenters. The summed E-state index contributed by atoms with van der Waals surface area (Å²) in [6, 6.07) is 9.05. The molecule has 90 valence electrons. The first-order chi connectivity index (χ1) is 8.30. The maximum atomic E-state index is 3.85. The molecular formula is C15H20N2. The normalized spacial score (nSPS) is 38.8. The van der Waals surface area contributed by atoms with E-state index >= 15 is 0 Å². The molecule has 1 aliphatic carbocycles. The summed E-state index contributed by atoms with van der Waals surface area (Å²) in [6.07, 6.45) is 6.74. The summed E-state index contributed by atoms with van der Waals surface area (Å²) in [6.45, 7) is 1.18. The minimum absolute atomic E-state index is 0.231. The molecule has 0 amide bonds. The van der Waals surface area contributed by atoms with Crippen LogP contribution in [-0.2, 0) is 5.41 Å². The number of anilines is 1. The standard InChI is InChI=1S/C15H20N2/c1-17-13-7-3-2-6-12(13)14-8-4-5-9-15(14,17)16-11-10-14/h2-3,6-7,16H,4-5,8-11H2,1H3. The lowest BCUT2D eigenvalue weighted by Gasteiger charge is -2.48. The highest BCUT2D eigenvalue weighted by atomic mass is 15.4. The third-order valence-corrected chi connectivity index (χ3v) is 5.51. The van der Waals surface area contributed by atoms with E-state index in [9.17, 15) is 0 Å². The van der Waals surface area contributed by atoms with Crippen molar-refractivity contribution < 1.29 is 0 Å². The van der Waals surface area contributed by atoms with E-state index in [1.54, 1.807) is 5.56 Å². The van der Waals surface area contributed by atoms with Gasteiger partial charge in [-0.25, -0.2) is 0 Å². The van der Waals surface area contributed by atoms with E-state index in [1.165, 1.54) is 44.3 Å². The van der Waals surface area contributed by atoms with E-state index in [0.717, 1.165) is 0 Å². The Morgan fingerprint density at radius 3 is 2.88 bits per heavy atom. The predicted molar refractivity (Wildman–Crippen MR) is 70.3 cm³/mol. The molecule has 1 saturated carbocycles. The van der Waals surface area contributed by atoms with E-state index < -0.39 is 0 Å². The summed E-state index contributed by atoms with van der Waals surface area (Å²) in [5.41, 5.74) is 3.69. The van der Waals surface area contributed by atoms with Gasteiger partial charge in [0.1, 0.15) is 5.66 Å². The largest absolute Gasteiger partial charge is 0.355 e. The minimum atomic E-state index is 0.231. The zero-order valence-electron chi connectivity index (χ0n) is 10.5. The number of benzene rings is 1. The van der Waals surface area contributed by atoms with Crippen molar-refractivity contribution in [3.05, 3.63) is 29.8 Å². The smallest absolute Gasteiger partial charge is 0.100 e. The van der Waals surface area contributed by atoms with E-state index in [0.29, 0.717) is 5.41 Å². The van der Waals surface area contributed by atoms with Crippen molar-refractivity contribution in [2.45, 2.75) is 43.2 Å². The number of nitrogens with one attached hydrogen (secondary N) is 1. The molecule has 2 aliphatic heterocycles. The number of hydrogen-bond acceptors (Lipinski definition) is 2. The van der Waals surface area contributed by atoms with Crippen molar-refractivity contribution in [3.8, 4) is 0 Å². The van der Waals surface area contributed by atoms with Crippen molar-refractivity contribution in [1.82, 2.24) is 5.32 Å². The highest BCUT2D eigenvalue weighted by Crippen LogP contribution is 2.60. The zero-order valence-corrected chi connectivity index (χ0v) is 10.5. The average molecular weight is 228 g/mol. The molecule has 1 aromatic carbocycles. The van der Waals surface area contributed by atoms with Crippen LogP contribution in [0, 0.1) is 0 Å². The van der Waals surface area contributed by atoms with E-state index in [1.807, 2.05) is 0 Å². The quantitative estimate of drug-likeness (QED) is 0.734. The Morgan fingerprint density at radius 1 is 1.12 bits per heavy atom. The summed E-state index contributed by atoms with van der Waals surface area (Å²) < 4.78 is 0. The zero-order chi connectivity index (χ0) is 11.5. The molecule has 0 aromatic heterocycles. The molecule has 2 fully saturated rings. The van der Waals surface area contributed by atoms with Crippen LogP contribution in [0.4, 0.5) is 5.69 Å². The molecule has 1 N–H and O–H groups in total. The third kappa shape index (κ3) is 0.934. The van der Waals surface area contributed by atoms with Gasteiger partial charge < -0.3 is 4.90 Å². The Morgan fingerprint density at radius 2 is 1.94 bits per heavy atom. The van der Waals surface area contributed by atoms with Gasteiger partial charge in [-0.3, -0.25) is 5.32 Å². The molecule has 1 saturated heterocycles.